The first-order valence-corrected chi connectivity index (χ1v) is 9.55. The molecule has 2 aromatic carbocycles. The molecule has 0 heterocycles. The molecule has 0 spiro atoms. The van der Waals surface area contributed by atoms with Crippen LogP contribution in [-0.2, 0) is 11.3 Å². The minimum atomic E-state index is -4.77. The zero-order valence-corrected chi connectivity index (χ0v) is 17.7. The summed E-state index contributed by atoms with van der Waals surface area (Å²) >= 11 is 0. The second kappa shape index (κ2) is 10.2. The molecule has 0 saturated carbocycles. The van der Waals surface area contributed by atoms with Crippen molar-refractivity contribution in [2.24, 2.45) is 5.92 Å². The molecule has 168 valence electrons. The van der Waals surface area contributed by atoms with E-state index in [1.54, 1.807) is 31.3 Å². The maximum absolute atomic E-state index is 13.0. The molecule has 0 aliphatic rings. The van der Waals surface area contributed by atoms with Gasteiger partial charge in [0, 0.05) is 13.6 Å². The van der Waals surface area contributed by atoms with Crippen LogP contribution in [0.5, 0.6) is 11.5 Å². The third-order valence-corrected chi connectivity index (χ3v) is 4.52. The first-order chi connectivity index (χ1) is 14.5. The lowest BCUT2D eigenvalue weighted by atomic mass is 10.0. The van der Waals surface area contributed by atoms with Crippen LogP contribution in [0.2, 0.25) is 0 Å². The Hall–Kier alpha value is -3.23. The van der Waals surface area contributed by atoms with Crippen molar-refractivity contribution in [3.8, 4) is 11.5 Å². The van der Waals surface area contributed by atoms with Crippen molar-refractivity contribution < 1.29 is 32.2 Å². The van der Waals surface area contributed by atoms with Crippen LogP contribution in [0.15, 0.2) is 48.5 Å². The van der Waals surface area contributed by atoms with Crippen molar-refractivity contribution >= 4 is 11.8 Å². The van der Waals surface area contributed by atoms with Gasteiger partial charge < -0.3 is 19.7 Å². The summed E-state index contributed by atoms with van der Waals surface area (Å²) in [4.78, 5) is 27.1. The number of likely N-dealkylation sites (N-methyl/N-ethyl adjacent to an activating group) is 1. The summed E-state index contributed by atoms with van der Waals surface area (Å²) in [6.07, 6.45) is -4.77. The predicted molar refractivity (Wildman–Crippen MR) is 109 cm³/mol. The van der Waals surface area contributed by atoms with Crippen LogP contribution in [0, 0.1) is 5.92 Å². The number of halogens is 3. The van der Waals surface area contributed by atoms with Crippen LogP contribution >= 0.6 is 0 Å². The van der Waals surface area contributed by atoms with E-state index >= 15 is 0 Å². The van der Waals surface area contributed by atoms with E-state index in [1.807, 2.05) is 13.8 Å². The molecule has 6 nitrogen and oxygen atoms in total. The van der Waals surface area contributed by atoms with E-state index in [9.17, 15) is 22.8 Å². The summed E-state index contributed by atoms with van der Waals surface area (Å²) in [5, 5.41) is 2.75. The number of benzene rings is 2. The molecule has 0 aliphatic heterocycles. The van der Waals surface area contributed by atoms with Gasteiger partial charge in [-0.05, 0) is 35.7 Å². The van der Waals surface area contributed by atoms with E-state index in [-0.39, 0.29) is 24.1 Å². The fourth-order valence-corrected chi connectivity index (χ4v) is 2.95. The van der Waals surface area contributed by atoms with Crippen molar-refractivity contribution in [2.45, 2.75) is 32.8 Å². The highest BCUT2D eigenvalue weighted by Crippen LogP contribution is 2.23. The fourth-order valence-electron chi connectivity index (χ4n) is 2.95. The zero-order valence-electron chi connectivity index (χ0n) is 17.7. The molecule has 1 unspecified atom stereocenters. The van der Waals surface area contributed by atoms with E-state index < -0.39 is 18.3 Å². The average Bonchev–Trinajstić information content (AvgIpc) is 2.71. The van der Waals surface area contributed by atoms with Crippen LogP contribution in [0.4, 0.5) is 13.2 Å². The van der Waals surface area contributed by atoms with Gasteiger partial charge in [0.1, 0.15) is 17.5 Å². The summed E-state index contributed by atoms with van der Waals surface area (Å²) in [5.74, 6) is -0.907. The molecule has 2 amide bonds. The Balaban J connectivity index is 2.08. The highest BCUT2D eigenvalue weighted by molar-refractivity contribution is 5.99. The molecule has 1 N–H and O–H groups in total. The van der Waals surface area contributed by atoms with Gasteiger partial charge in [-0.25, -0.2) is 0 Å². The van der Waals surface area contributed by atoms with Gasteiger partial charge in [-0.3, -0.25) is 9.59 Å². The van der Waals surface area contributed by atoms with Crippen molar-refractivity contribution in [2.75, 3.05) is 14.2 Å². The number of methoxy groups -OCH3 is 1. The van der Waals surface area contributed by atoms with Crippen LogP contribution < -0.4 is 14.8 Å². The Labute approximate surface area is 178 Å². The monoisotopic (exact) mass is 438 g/mol. The van der Waals surface area contributed by atoms with Gasteiger partial charge in [0.2, 0.25) is 5.91 Å². The lowest BCUT2D eigenvalue weighted by Gasteiger charge is -2.27. The van der Waals surface area contributed by atoms with Gasteiger partial charge in [-0.15, -0.1) is 13.2 Å². The summed E-state index contributed by atoms with van der Waals surface area (Å²) in [6, 6.07) is 11.2. The SMILES string of the molecule is COc1ccccc1C(=O)NC(C(=O)N(C)Cc1ccc(OC(F)(F)F)cc1)C(C)C. The van der Waals surface area contributed by atoms with Gasteiger partial charge >= 0.3 is 6.36 Å². The summed E-state index contributed by atoms with van der Waals surface area (Å²) in [7, 11) is 3.02. The number of amides is 2. The van der Waals surface area contributed by atoms with E-state index in [1.165, 1.54) is 36.3 Å². The summed E-state index contributed by atoms with van der Waals surface area (Å²) in [5.41, 5.74) is 0.926. The van der Waals surface area contributed by atoms with Gasteiger partial charge in [0.25, 0.3) is 5.91 Å². The number of nitrogens with one attached hydrogen (secondary N) is 1. The number of carbonyl (C=O) groups excluding carboxylic acids is 2. The van der Waals surface area contributed by atoms with E-state index in [0.717, 1.165) is 0 Å². The van der Waals surface area contributed by atoms with Gasteiger partial charge in [0.05, 0.1) is 12.7 Å². The normalized spacial score (nSPS) is 12.3. The third-order valence-electron chi connectivity index (χ3n) is 4.52. The number of hydrogen-bond acceptors (Lipinski definition) is 4. The molecule has 0 aromatic heterocycles. The van der Waals surface area contributed by atoms with Crippen LogP contribution in [0.1, 0.15) is 29.8 Å². The zero-order chi connectivity index (χ0) is 23.2. The molecule has 0 aliphatic carbocycles. The highest BCUT2D eigenvalue weighted by Gasteiger charge is 2.31. The predicted octanol–water partition coefficient (Wildman–Crippen LogP) is 4.01. The minimum absolute atomic E-state index is 0.152. The number of carbonyl (C=O) groups is 2. The van der Waals surface area contributed by atoms with Crippen molar-refractivity contribution in [1.82, 2.24) is 10.2 Å². The highest BCUT2D eigenvalue weighted by atomic mass is 19.4. The first-order valence-electron chi connectivity index (χ1n) is 9.55. The molecule has 0 radical (unpaired) electrons. The van der Waals surface area contributed by atoms with Crippen LogP contribution in [0.25, 0.3) is 0 Å². The fraction of sp³-hybridized carbons (Fsp3) is 0.364. The molecule has 2 aromatic rings. The Bertz CT molecular complexity index is 898. The number of para-hydroxylation sites is 1. The Morgan fingerprint density at radius 3 is 2.23 bits per heavy atom. The maximum Gasteiger partial charge on any atom is 0.573 e. The topological polar surface area (TPSA) is 67.9 Å². The Morgan fingerprint density at radius 2 is 1.68 bits per heavy atom. The van der Waals surface area contributed by atoms with Gasteiger partial charge in [-0.2, -0.15) is 0 Å². The average molecular weight is 438 g/mol. The molecule has 1 atom stereocenters. The molecule has 31 heavy (non-hydrogen) atoms. The second-order valence-corrected chi connectivity index (χ2v) is 7.28. The Morgan fingerprint density at radius 1 is 1.06 bits per heavy atom. The largest absolute Gasteiger partial charge is 0.573 e. The Kier molecular flexibility index (Phi) is 7.90. The molecule has 2 rings (SSSR count). The summed E-state index contributed by atoms with van der Waals surface area (Å²) < 4.78 is 45.9. The van der Waals surface area contributed by atoms with Crippen LogP contribution in [0.3, 0.4) is 0 Å². The molecule has 9 heteroatoms. The standard InChI is InChI=1S/C22H25F3N2O4/c1-14(2)19(26-20(28)17-7-5-6-8-18(17)30-4)21(29)27(3)13-15-9-11-16(12-10-15)31-22(23,24)25/h5-12,14,19H,13H2,1-4H3,(H,26,28). The van der Waals surface area contributed by atoms with Gasteiger partial charge in [0.15, 0.2) is 0 Å². The molecule has 0 fully saturated rings. The quantitative estimate of drug-likeness (QED) is 0.677. The minimum Gasteiger partial charge on any atom is -0.496 e. The van der Waals surface area contributed by atoms with Crippen molar-refractivity contribution in [3.63, 3.8) is 0 Å². The van der Waals surface area contributed by atoms with Crippen molar-refractivity contribution in [3.05, 3.63) is 59.7 Å². The molecule has 0 saturated heterocycles. The van der Waals surface area contributed by atoms with E-state index in [4.69, 9.17) is 4.74 Å². The summed E-state index contributed by atoms with van der Waals surface area (Å²) in [6.45, 7) is 3.77. The maximum atomic E-state index is 13.0. The van der Waals surface area contributed by atoms with E-state index in [2.05, 4.69) is 10.1 Å². The number of rotatable bonds is 8. The van der Waals surface area contributed by atoms with E-state index in [0.29, 0.717) is 16.9 Å². The lowest BCUT2D eigenvalue weighted by Crippen LogP contribution is -2.50. The molecular formula is C22H25F3N2O4. The van der Waals surface area contributed by atoms with Crippen molar-refractivity contribution in [1.29, 1.82) is 0 Å². The number of ether oxygens (including phenoxy) is 2. The number of alkyl halides is 3. The molecular weight excluding hydrogens is 413 g/mol. The van der Waals surface area contributed by atoms with Crippen LogP contribution in [-0.4, -0.2) is 43.3 Å². The smallest absolute Gasteiger partial charge is 0.496 e. The first kappa shape index (κ1) is 24.0. The second-order valence-electron chi connectivity index (χ2n) is 7.28. The lowest BCUT2D eigenvalue weighted by molar-refractivity contribution is -0.274. The number of nitrogens with zero attached hydrogens (tertiary/aromatic N) is 1. The molecule has 0 bridgehead atoms. The number of hydrogen-bond donors (Lipinski definition) is 1. The van der Waals surface area contributed by atoms with Gasteiger partial charge in [-0.1, -0.05) is 38.1 Å². The third kappa shape index (κ3) is 6.91.